The lowest BCUT2D eigenvalue weighted by atomic mass is 10.1. The maximum atomic E-state index is 11.5. The van der Waals surface area contributed by atoms with Crippen molar-refractivity contribution in [1.82, 2.24) is 10.6 Å². The fraction of sp³-hybridized carbons (Fsp3) is 0.562. The molecule has 0 aliphatic rings. The van der Waals surface area contributed by atoms with Crippen molar-refractivity contribution in [3.8, 4) is 5.75 Å². The van der Waals surface area contributed by atoms with Gasteiger partial charge in [0.1, 0.15) is 5.75 Å². The third kappa shape index (κ3) is 6.57. The van der Waals surface area contributed by atoms with Crippen LogP contribution in [0.1, 0.15) is 31.7 Å². The first-order chi connectivity index (χ1) is 9.77. The van der Waals surface area contributed by atoms with Gasteiger partial charge in [-0.1, -0.05) is 38.0 Å². The van der Waals surface area contributed by atoms with Crippen molar-refractivity contribution in [3.05, 3.63) is 29.8 Å². The maximum absolute atomic E-state index is 11.5. The summed E-state index contributed by atoms with van der Waals surface area (Å²) in [5.74, 6) is 0.972. The molecule has 1 aromatic rings. The van der Waals surface area contributed by atoms with Crippen LogP contribution in [0.3, 0.4) is 0 Å². The van der Waals surface area contributed by atoms with E-state index in [4.69, 9.17) is 4.74 Å². The molecule has 20 heavy (non-hydrogen) atoms. The minimum Gasteiger partial charge on any atom is -0.496 e. The lowest BCUT2D eigenvalue weighted by molar-refractivity contribution is -0.120. The molecule has 1 amide bonds. The number of para-hydroxylation sites is 1. The van der Waals surface area contributed by atoms with E-state index in [-0.39, 0.29) is 5.91 Å². The second-order valence-corrected chi connectivity index (χ2v) is 4.80. The number of carbonyl (C=O) groups excluding carboxylic acids is 1. The highest BCUT2D eigenvalue weighted by Gasteiger charge is 2.02. The highest BCUT2D eigenvalue weighted by molar-refractivity contribution is 5.77. The van der Waals surface area contributed by atoms with Crippen molar-refractivity contribution in [2.45, 2.75) is 32.6 Å². The number of hydrogen-bond donors (Lipinski definition) is 2. The van der Waals surface area contributed by atoms with Gasteiger partial charge in [-0.15, -0.1) is 0 Å². The van der Waals surface area contributed by atoms with Gasteiger partial charge < -0.3 is 15.4 Å². The van der Waals surface area contributed by atoms with Crippen LogP contribution in [0.2, 0.25) is 0 Å². The van der Waals surface area contributed by atoms with E-state index in [2.05, 4.69) is 17.6 Å². The van der Waals surface area contributed by atoms with Crippen molar-refractivity contribution in [1.29, 1.82) is 0 Å². The van der Waals surface area contributed by atoms with E-state index in [1.807, 2.05) is 24.3 Å². The Morgan fingerprint density at radius 1 is 1.20 bits per heavy atom. The molecule has 2 N–H and O–H groups in total. The number of methoxy groups -OCH3 is 1. The zero-order valence-electron chi connectivity index (χ0n) is 12.6. The normalized spacial score (nSPS) is 10.3. The average Bonchev–Trinajstić information content (AvgIpc) is 2.48. The molecule has 1 aromatic carbocycles. The molecule has 0 unspecified atom stereocenters. The first kappa shape index (κ1) is 16.5. The Kier molecular flexibility index (Phi) is 8.47. The summed E-state index contributed by atoms with van der Waals surface area (Å²) in [6.45, 7) is 4.08. The first-order valence-corrected chi connectivity index (χ1v) is 7.37. The van der Waals surface area contributed by atoms with Crippen molar-refractivity contribution < 1.29 is 9.53 Å². The van der Waals surface area contributed by atoms with Crippen LogP contribution in [-0.2, 0) is 11.2 Å². The van der Waals surface area contributed by atoms with E-state index < -0.39 is 0 Å². The number of unbranched alkanes of at least 4 members (excludes halogenated alkanes) is 2. The molecule has 4 heteroatoms. The van der Waals surface area contributed by atoms with Gasteiger partial charge in [0, 0.05) is 6.54 Å². The van der Waals surface area contributed by atoms with Crippen LogP contribution in [-0.4, -0.2) is 32.7 Å². The van der Waals surface area contributed by atoms with Gasteiger partial charge in [-0.2, -0.15) is 0 Å². The summed E-state index contributed by atoms with van der Waals surface area (Å²) in [5.41, 5.74) is 1.16. The quantitative estimate of drug-likeness (QED) is 0.645. The molecule has 112 valence electrons. The monoisotopic (exact) mass is 278 g/mol. The molecule has 0 aromatic heterocycles. The van der Waals surface area contributed by atoms with Crippen LogP contribution in [0, 0.1) is 0 Å². The number of carbonyl (C=O) groups is 1. The molecule has 0 radical (unpaired) electrons. The summed E-state index contributed by atoms with van der Waals surface area (Å²) < 4.78 is 5.29. The minimum atomic E-state index is 0.0705. The summed E-state index contributed by atoms with van der Waals surface area (Å²) in [4.78, 5) is 11.5. The van der Waals surface area contributed by atoms with E-state index in [1.54, 1.807) is 7.11 Å². The Balaban J connectivity index is 2.13. The van der Waals surface area contributed by atoms with Gasteiger partial charge in [-0.3, -0.25) is 4.79 Å². The predicted octanol–water partition coefficient (Wildman–Crippen LogP) is 2.13. The van der Waals surface area contributed by atoms with Crippen molar-refractivity contribution in [3.63, 3.8) is 0 Å². The molecule has 0 fully saturated rings. The van der Waals surface area contributed by atoms with Crippen LogP contribution in [0.4, 0.5) is 0 Å². The highest BCUT2D eigenvalue weighted by atomic mass is 16.5. The van der Waals surface area contributed by atoms with E-state index in [1.165, 1.54) is 12.8 Å². The SMILES string of the molecule is CCCCCNC(=O)CNCCc1ccccc1OC. The highest BCUT2D eigenvalue weighted by Crippen LogP contribution is 2.16. The molecule has 4 nitrogen and oxygen atoms in total. The van der Waals surface area contributed by atoms with Gasteiger partial charge in [-0.25, -0.2) is 0 Å². The van der Waals surface area contributed by atoms with E-state index in [0.29, 0.717) is 6.54 Å². The third-order valence-electron chi connectivity index (χ3n) is 3.15. The van der Waals surface area contributed by atoms with Crippen LogP contribution in [0.25, 0.3) is 0 Å². The first-order valence-electron chi connectivity index (χ1n) is 7.37. The fourth-order valence-electron chi connectivity index (χ4n) is 2.00. The van der Waals surface area contributed by atoms with Gasteiger partial charge in [0.05, 0.1) is 13.7 Å². The number of ether oxygens (including phenoxy) is 1. The Morgan fingerprint density at radius 2 is 2.00 bits per heavy atom. The molecular formula is C16H26N2O2. The lowest BCUT2D eigenvalue weighted by Gasteiger charge is -2.09. The molecule has 0 saturated carbocycles. The van der Waals surface area contributed by atoms with E-state index in [9.17, 15) is 4.79 Å². The Bertz CT molecular complexity index is 394. The minimum absolute atomic E-state index is 0.0705. The van der Waals surface area contributed by atoms with Gasteiger partial charge in [0.25, 0.3) is 0 Å². The van der Waals surface area contributed by atoms with Gasteiger partial charge in [0.2, 0.25) is 5.91 Å². The summed E-state index contributed by atoms with van der Waals surface area (Å²) in [7, 11) is 1.68. The van der Waals surface area contributed by atoms with Crippen LogP contribution < -0.4 is 15.4 Å². The molecule has 0 aliphatic heterocycles. The molecule has 0 atom stereocenters. The number of hydrogen-bond acceptors (Lipinski definition) is 3. The Hall–Kier alpha value is -1.55. The molecule has 0 aliphatic carbocycles. The number of nitrogens with one attached hydrogen (secondary N) is 2. The van der Waals surface area contributed by atoms with Crippen molar-refractivity contribution in [2.75, 3.05) is 26.7 Å². The Labute approximate surface area is 121 Å². The van der Waals surface area contributed by atoms with E-state index >= 15 is 0 Å². The lowest BCUT2D eigenvalue weighted by Crippen LogP contribution is -2.35. The van der Waals surface area contributed by atoms with E-state index in [0.717, 1.165) is 37.2 Å². The number of benzene rings is 1. The largest absolute Gasteiger partial charge is 0.496 e. The maximum Gasteiger partial charge on any atom is 0.233 e. The van der Waals surface area contributed by atoms with Crippen molar-refractivity contribution >= 4 is 5.91 Å². The standard InChI is InChI=1S/C16H26N2O2/c1-3-4-7-11-18-16(19)13-17-12-10-14-8-5-6-9-15(14)20-2/h5-6,8-9,17H,3-4,7,10-13H2,1-2H3,(H,18,19). The summed E-state index contributed by atoms with van der Waals surface area (Å²) in [6, 6.07) is 7.96. The second kappa shape index (κ2) is 10.3. The smallest absolute Gasteiger partial charge is 0.233 e. The predicted molar refractivity (Wildman–Crippen MR) is 82.1 cm³/mol. The fourth-order valence-corrected chi connectivity index (χ4v) is 2.00. The topological polar surface area (TPSA) is 50.4 Å². The zero-order valence-corrected chi connectivity index (χ0v) is 12.6. The van der Waals surface area contributed by atoms with Crippen LogP contribution >= 0.6 is 0 Å². The molecule has 0 saturated heterocycles. The number of rotatable bonds is 10. The van der Waals surface area contributed by atoms with Crippen LogP contribution in [0.5, 0.6) is 5.75 Å². The van der Waals surface area contributed by atoms with Gasteiger partial charge in [0.15, 0.2) is 0 Å². The molecule has 0 bridgehead atoms. The third-order valence-corrected chi connectivity index (χ3v) is 3.15. The summed E-state index contributed by atoms with van der Waals surface area (Å²) in [5, 5.41) is 6.07. The van der Waals surface area contributed by atoms with Crippen molar-refractivity contribution in [2.24, 2.45) is 0 Å². The van der Waals surface area contributed by atoms with Gasteiger partial charge in [-0.05, 0) is 31.0 Å². The molecule has 0 heterocycles. The Morgan fingerprint density at radius 3 is 2.75 bits per heavy atom. The second-order valence-electron chi connectivity index (χ2n) is 4.80. The summed E-state index contributed by atoms with van der Waals surface area (Å²) >= 11 is 0. The molecule has 0 spiro atoms. The molecule has 1 rings (SSSR count). The molecular weight excluding hydrogens is 252 g/mol. The van der Waals surface area contributed by atoms with Gasteiger partial charge >= 0.3 is 0 Å². The number of amides is 1. The zero-order chi connectivity index (χ0) is 14.6. The summed E-state index contributed by atoms with van der Waals surface area (Å²) in [6.07, 6.45) is 4.26. The average molecular weight is 278 g/mol. The van der Waals surface area contributed by atoms with Crippen LogP contribution in [0.15, 0.2) is 24.3 Å².